The molecule has 0 aromatic rings. The second-order valence-corrected chi connectivity index (χ2v) is 3.72. The van der Waals surface area contributed by atoms with Gasteiger partial charge in [0.05, 0.1) is 18.8 Å². The zero-order valence-corrected chi connectivity index (χ0v) is 9.37. The number of nitrogens with one attached hydrogen (secondary N) is 2. The SMILES string of the molecule is CC(C)C1=CN=C(C=NCC(F)F)CNN1. The van der Waals surface area contributed by atoms with Crippen molar-refractivity contribution in [2.24, 2.45) is 15.9 Å². The monoisotopic (exact) mass is 230 g/mol. The molecule has 0 atom stereocenters. The molecule has 4 nitrogen and oxygen atoms in total. The second kappa shape index (κ2) is 6.32. The van der Waals surface area contributed by atoms with E-state index in [2.05, 4.69) is 20.8 Å². The summed E-state index contributed by atoms with van der Waals surface area (Å²) in [7, 11) is 0. The van der Waals surface area contributed by atoms with Crippen molar-refractivity contribution < 1.29 is 8.78 Å². The van der Waals surface area contributed by atoms with E-state index in [9.17, 15) is 8.78 Å². The summed E-state index contributed by atoms with van der Waals surface area (Å²) >= 11 is 0. The van der Waals surface area contributed by atoms with Crippen LogP contribution in [0.3, 0.4) is 0 Å². The van der Waals surface area contributed by atoms with Crippen LogP contribution >= 0.6 is 0 Å². The predicted octanol–water partition coefficient (Wildman–Crippen LogP) is 1.37. The molecule has 0 unspecified atom stereocenters. The molecule has 1 aliphatic rings. The van der Waals surface area contributed by atoms with Crippen LogP contribution in [-0.2, 0) is 0 Å². The third kappa shape index (κ3) is 4.48. The van der Waals surface area contributed by atoms with Crippen molar-refractivity contribution in [1.29, 1.82) is 0 Å². The highest BCUT2D eigenvalue weighted by atomic mass is 19.3. The number of allylic oxidation sites excluding steroid dienone is 1. The van der Waals surface area contributed by atoms with Gasteiger partial charge >= 0.3 is 0 Å². The van der Waals surface area contributed by atoms with Crippen molar-refractivity contribution in [2.45, 2.75) is 20.3 Å². The molecule has 0 amide bonds. The largest absolute Gasteiger partial charge is 0.323 e. The second-order valence-electron chi connectivity index (χ2n) is 3.72. The lowest BCUT2D eigenvalue weighted by atomic mass is 10.1. The zero-order valence-electron chi connectivity index (χ0n) is 9.37. The van der Waals surface area contributed by atoms with Crippen LogP contribution in [-0.4, -0.2) is 31.4 Å². The highest BCUT2D eigenvalue weighted by molar-refractivity contribution is 6.31. The fourth-order valence-electron chi connectivity index (χ4n) is 1.08. The molecule has 0 aromatic heterocycles. The van der Waals surface area contributed by atoms with Crippen molar-refractivity contribution in [3.63, 3.8) is 0 Å². The van der Waals surface area contributed by atoms with Crippen LogP contribution in [0, 0.1) is 5.92 Å². The number of nitrogens with zero attached hydrogens (tertiary/aromatic N) is 2. The predicted molar refractivity (Wildman–Crippen MR) is 60.9 cm³/mol. The van der Waals surface area contributed by atoms with E-state index in [1.54, 1.807) is 6.20 Å². The van der Waals surface area contributed by atoms with Crippen molar-refractivity contribution in [3.8, 4) is 0 Å². The Hall–Kier alpha value is -1.30. The Morgan fingerprint density at radius 1 is 1.56 bits per heavy atom. The summed E-state index contributed by atoms with van der Waals surface area (Å²) in [5.41, 5.74) is 7.52. The standard InChI is InChI=1S/C10H16F2N4/c1-7(2)9-5-14-8(4-15-16-9)3-13-6-10(11)12/h3,5,7,10,15-16H,4,6H2,1-2H3. The van der Waals surface area contributed by atoms with Crippen LogP contribution < -0.4 is 10.9 Å². The summed E-state index contributed by atoms with van der Waals surface area (Å²) < 4.78 is 23.7. The van der Waals surface area contributed by atoms with Gasteiger partial charge in [0.25, 0.3) is 6.43 Å². The van der Waals surface area contributed by atoms with Crippen LogP contribution in [0.25, 0.3) is 0 Å². The van der Waals surface area contributed by atoms with E-state index < -0.39 is 13.0 Å². The number of halogens is 2. The summed E-state index contributed by atoms with van der Waals surface area (Å²) in [5, 5.41) is 0. The van der Waals surface area contributed by atoms with Gasteiger partial charge in [0.1, 0.15) is 0 Å². The molecule has 6 heteroatoms. The Labute approximate surface area is 93.5 Å². The third-order valence-corrected chi connectivity index (χ3v) is 1.98. The number of alkyl halides is 2. The van der Waals surface area contributed by atoms with Crippen molar-refractivity contribution in [1.82, 2.24) is 10.9 Å². The summed E-state index contributed by atoms with van der Waals surface area (Å²) in [4.78, 5) is 7.76. The quantitative estimate of drug-likeness (QED) is 0.717. The van der Waals surface area contributed by atoms with E-state index >= 15 is 0 Å². The van der Waals surface area contributed by atoms with Gasteiger partial charge in [0.15, 0.2) is 0 Å². The fraction of sp³-hybridized carbons (Fsp3) is 0.600. The molecule has 1 aliphatic heterocycles. The molecule has 0 spiro atoms. The molecular weight excluding hydrogens is 214 g/mol. The molecule has 16 heavy (non-hydrogen) atoms. The number of hydrogen-bond donors (Lipinski definition) is 2. The highest BCUT2D eigenvalue weighted by Crippen LogP contribution is 2.05. The Morgan fingerprint density at radius 3 is 2.94 bits per heavy atom. The minimum Gasteiger partial charge on any atom is -0.323 e. The van der Waals surface area contributed by atoms with Gasteiger partial charge in [-0.15, -0.1) is 0 Å². The van der Waals surface area contributed by atoms with Crippen LogP contribution in [0.1, 0.15) is 13.8 Å². The van der Waals surface area contributed by atoms with E-state index in [1.807, 2.05) is 13.8 Å². The van der Waals surface area contributed by atoms with E-state index in [1.165, 1.54) is 6.21 Å². The molecule has 2 N–H and O–H groups in total. The molecule has 1 rings (SSSR count). The third-order valence-electron chi connectivity index (χ3n) is 1.98. The fourth-order valence-corrected chi connectivity index (χ4v) is 1.08. The zero-order chi connectivity index (χ0) is 12.0. The molecule has 0 radical (unpaired) electrons. The highest BCUT2D eigenvalue weighted by Gasteiger charge is 2.06. The van der Waals surface area contributed by atoms with Gasteiger partial charge in [-0.2, -0.15) is 0 Å². The Kier molecular flexibility index (Phi) is 5.04. The van der Waals surface area contributed by atoms with Crippen molar-refractivity contribution in [2.75, 3.05) is 13.1 Å². The summed E-state index contributed by atoms with van der Waals surface area (Å²) in [5.74, 6) is 0.327. The maximum Gasteiger partial charge on any atom is 0.257 e. The lowest BCUT2D eigenvalue weighted by Crippen LogP contribution is -2.35. The first kappa shape index (κ1) is 12.8. The first-order valence-electron chi connectivity index (χ1n) is 5.13. The van der Waals surface area contributed by atoms with Gasteiger partial charge in [-0.05, 0) is 5.92 Å². The lowest BCUT2D eigenvalue weighted by Gasteiger charge is -2.11. The van der Waals surface area contributed by atoms with E-state index in [-0.39, 0.29) is 0 Å². The van der Waals surface area contributed by atoms with Crippen molar-refractivity contribution in [3.05, 3.63) is 11.9 Å². The normalized spacial score (nSPS) is 17.4. The number of hydrogen-bond acceptors (Lipinski definition) is 4. The average Bonchev–Trinajstić information content (AvgIpc) is 2.42. The van der Waals surface area contributed by atoms with Crippen molar-refractivity contribution >= 4 is 11.9 Å². The molecule has 0 saturated heterocycles. The lowest BCUT2D eigenvalue weighted by molar-refractivity contribution is 0.159. The van der Waals surface area contributed by atoms with Gasteiger partial charge in [-0.25, -0.2) is 14.2 Å². The molecule has 0 aromatic carbocycles. The maximum atomic E-state index is 11.8. The van der Waals surface area contributed by atoms with Gasteiger partial charge in [-0.1, -0.05) is 13.8 Å². The average molecular weight is 230 g/mol. The molecule has 0 saturated carbocycles. The first-order chi connectivity index (χ1) is 7.59. The molecule has 90 valence electrons. The minimum absolute atomic E-state index is 0.327. The van der Waals surface area contributed by atoms with E-state index in [0.717, 1.165) is 5.70 Å². The van der Waals surface area contributed by atoms with Gasteiger partial charge < -0.3 is 5.43 Å². The molecule has 1 heterocycles. The summed E-state index contributed by atoms with van der Waals surface area (Å²) in [6.07, 6.45) is 0.658. The smallest absolute Gasteiger partial charge is 0.257 e. The Bertz CT molecular complexity index is 308. The number of hydrazine groups is 1. The van der Waals surface area contributed by atoms with Crippen LogP contribution in [0.5, 0.6) is 0 Å². The van der Waals surface area contributed by atoms with Crippen LogP contribution in [0.2, 0.25) is 0 Å². The number of rotatable bonds is 4. The summed E-state index contributed by atoms with van der Waals surface area (Å²) in [6.45, 7) is 4.05. The molecular formula is C10H16F2N4. The topological polar surface area (TPSA) is 48.8 Å². The molecule has 0 fully saturated rings. The first-order valence-corrected chi connectivity index (χ1v) is 5.13. The summed E-state index contributed by atoms with van der Waals surface area (Å²) in [6, 6.07) is 0. The van der Waals surface area contributed by atoms with E-state index in [4.69, 9.17) is 0 Å². The maximum absolute atomic E-state index is 11.8. The molecule has 0 bridgehead atoms. The van der Waals surface area contributed by atoms with E-state index in [0.29, 0.717) is 18.2 Å². The van der Waals surface area contributed by atoms with Crippen LogP contribution in [0.4, 0.5) is 8.78 Å². The Morgan fingerprint density at radius 2 is 2.31 bits per heavy atom. The van der Waals surface area contributed by atoms with Gasteiger partial charge in [-0.3, -0.25) is 9.98 Å². The van der Waals surface area contributed by atoms with Gasteiger partial charge in [0, 0.05) is 18.1 Å². The Balaban J connectivity index is 2.57. The van der Waals surface area contributed by atoms with Crippen LogP contribution in [0.15, 0.2) is 21.9 Å². The molecule has 0 aliphatic carbocycles. The number of aliphatic imine (C=N–C) groups is 2. The minimum atomic E-state index is -2.41. The van der Waals surface area contributed by atoms with Gasteiger partial charge in [0.2, 0.25) is 0 Å².